The highest BCUT2D eigenvalue weighted by molar-refractivity contribution is 6.18. The Morgan fingerprint density at radius 1 is 1.05 bits per heavy atom. The van der Waals surface area contributed by atoms with Gasteiger partial charge in [-0.2, -0.15) is 0 Å². The Hall–Kier alpha value is -1.68. The van der Waals surface area contributed by atoms with E-state index in [1.165, 1.54) is 0 Å². The fraction of sp³-hybridized carbons (Fsp3) is 0.278. The summed E-state index contributed by atoms with van der Waals surface area (Å²) < 4.78 is 5.63. The molecule has 1 N–H and O–H groups in total. The van der Waals surface area contributed by atoms with Gasteiger partial charge < -0.3 is 9.84 Å². The minimum Gasteiger partial charge on any atom is -0.389 e. The second-order valence-corrected chi connectivity index (χ2v) is 5.36. The highest BCUT2D eigenvalue weighted by Gasteiger charge is 2.22. The van der Waals surface area contributed by atoms with Gasteiger partial charge in [-0.25, -0.2) is 0 Å². The van der Waals surface area contributed by atoms with Crippen molar-refractivity contribution in [3.8, 4) is 0 Å². The third-order valence-corrected chi connectivity index (χ3v) is 3.64. The lowest BCUT2D eigenvalue weighted by atomic mass is 10.00. The van der Waals surface area contributed by atoms with Crippen molar-refractivity contribution in [2.24, 2.45) is 0 Å². The zero-order valence-electron chi connectivity index (χ0n) is 12.2. The molecule has 116 valence electrons. The number of carbonyl (C=O) groups excluding carboxylic acids is 1. The first-order chi connectivity index (χ1) is 10.7. The summed E-state index contributed by atoms with van der Waals surface area (Å²) in [7, 11) is 0. The van der Waals surface area contributed by atoms with Crippen molar-refractivity contribution < 1.29 is 14.6 Å². The molecule has 0 aromatic heterocycles. The van der Waals surface area contributed by atoms with E-state index in [1.807, 2.05) is 48.5 Å². The smallest absolute Gasteiger partial charge is 0.191 e. The van der Waals surface area contributed by atoms with E-state index in [-0.39, 0.29) is 18.3 Å². The van der Waals surface area contributed by atoms with Gasteiger partial charge in [-0.3, -0.25) is 4.79 Å². The second kappa shape index (κ2) is 8.69. The van der Waals surface area contributed by atoms with Gasteiger partial charge in [-0.1, -0.05) is 60.7 Å². The number of benzene rings is 2. The molecule has 0 spiro atoms. The molecule has 0 aliphatic heterocycles. The maximum atomic E-state index is 12.6. The first-order valence-electron chi connectivity index (χ1n) is 7.19. The van der Waals surface area contributed by atoms with Gasteiger partial charge in [0.2, 0.25) is 0 Å². The summed E-state index contributed by atoms with van der Waals surface area (Å²) in [6, 6.07) is 18.7. The molecule has 0 aliphatic carbocycles. The molecule has 2 unspecified atom stereocenters. The van der Waals surface area contributed by atoms with Crippen molar-refractivity contribution in [2.75, 3.05) is 12.5 Å². The van der Waals surface area contributed by atoms with Crippen LogP contribution in [0.1, 0.15) is 15.9 Å². The van der Waals surface area contributed by atoms with Crippen molar-refractivity contribution in [2.45, 2.75) is 18.6 Å². The fourth-order valence-corrected chi connectivity index (χ4v) is 2.20. The molecule has 0 radical (unpaired) electrons. The molecule has 0 saturated heterocycles. The second-order valence-electron chi connectivity index (χ2n) is 5.05. The Labute approximate surface area is 135 Å². The van der Waals surface area contributed by atoms with Gasteiger partial charge in [-0.05, 0) is 5.56 Å². The van der Waals surface area contributed by atoms with Gasteiger partial charge in [0.05, 0.1) is 18.6 Å². The average molecular weight is 319 g/mol. The maximum Gasteiger partial charge on any atom is 0.191 e. The predicted octanol–water partition coefficient (Wildman–Crippen LogP) is 3.10. The number of aliphatic hydroxyl groups excluding tert-OH is 1. The maximum absolute atomic E-state index is 12.6. The molecule has 0 amide bonds. The Bertz CT molecular complexity index is 571. The molecule has 2 rings (SSSR count). The van der Waals surface area contributed by atoms with Crippen LogP contribution in [-0.2, 0) is 11.2 Å². The lowest BCUT2D eigenvalue weighted by Gasteiger charge is -2.18. The van der Waals surface area contributed by atoms with E-state index >= 15 is 0 Å². The number of ether oxygens (including phenoxy) is 1. The molecule has 22 heavy (non-hydrogen) atoms. The monoisotopic (exact) mass is 318 g/mol. The van der Waals surface area contributed by atoms with Gasteiger partial charge >= 0.3 is 0 Å². The average Bonchev–Trinajstić information content (AvgIpc) is 2.59. The number of ketones is 1. The van der Waals surface area contributed by atoms with E-state index in [0.717, 1.165) is 5.56 Å². The van der Waals surface area contributed by atoms with E-state index in [0.29, 0.717) is 12.0 Å². The molecule has 2 atom stereocenters. The van der Waals surface area contributed by atoms with Crippen LogP contribution in [0.15, 0.2) is 60.7 Å². The highest BCUT2D eigenvalue weighted by Crippen LogP contribution is 2.13. The zero-order chi connectivity index (χ0) is 15.8. The van der Waals surface area contributed by atoms with Gasteiger partial charge in [0.1, 0.15) is 6.10 Å². The number of Topliss-reactive ketones (excluding diaryl/α,β-unsaturated/α-hetero) is 1. The zero-order valence-corrected chi connectivity index (χ0v) is 12.9. The van der Waals surface area contributed by atoms with Crippen molar-refractivity contribution >= 4 is 17.4 Å². The summed E-state index contributed by atoms with van der Waals surface area (Å²) in [6.45, 7) is 0.0412. The summed E-state index contributed by atoms with van der Waals surface area (Å²) in [5.41, 5.74) is 1.61. The van der Waals surface area contributed by atoms with Crippen LogP contribution in [0.4, 0.5) is 0 Å². The van der Waals surface area contributed by atoms with Crippen LogP contribution in [0.5, 0.6) is 0 Å². The van der Waals surface area contributed by atoms with Crippen LogP contribution in [0.3, 0.4) is 0 Å². The van der Waals surface area contributed by atoms with Crippen molar-refractivity contribution in [3.63, 3.8) is 0 Å². The topological polar surface area (TPSA) is 46.5 Å². The number of alkyl halides is 1. The molecule has 3 nitrogen and oxygen atoms in total. The third-order valence-electron chi connectivity index (χ3n) is 3.28. The number of aliphatic hydroxyl groups is 1. The summed E-state index contributed by atoms with van der Waals surface area (Å²) in [5.74, 6) is -0.0105. The van der Waals surface area contributed by atoms with Crippen molar-refractivity contribution in [1.82, 2.24) is 0 Å². The Morgan fingerprint density at radius 3 is 2.23 bits per heavy atom. The summed E-state index contributed by atoms with van der Waals surface area (Å²) in [6.07, 6.45) is -0.949. The largest absolute Gasteiger partial charge is 0.389 e. The van der Waals surface area contributed by atoms with Crippen molar-refractivity contribution in [1.29, 1.82) is 0 Å². The van der Waals surface area contributed by atoms with Gasteiger partial charge in [-0.15, -0.1) is 11.6 Å². The molecule has 4 heteroatoms. The Balaban J connectivity index is 2.12. The van der Waals surface area contributed by atoms with E-state index in [2.05, 4.69) is 0 Å². The van der Waals surface area contributed by atoms with Crippen LogP contribution in [0, 0.1) is 0 Å². The lowest BCUT2D eigenvalue weighted by Crippen LogP contribution is -2.31. The van der Waals surface area contributed by atoms with Gasteiger partial charge in [0.25, 0.3) is 0 Å². The number of halogens is 1. The summed E-state index contributed by atoms with van der Waals surface area (Å²) in [5, 5.41) is 9.56. The molecular formula is C18H19ClO3. The lowest BCUT2D eigenvalue weighted by molar-refractivity contribution is 0.00457. The van der Waals surface area contributed by atoms with Crippen molar-refractivity contribution in [3.05, 3.63) is 71.8 Å². The molecular weight excluding hydrogens is 300 g/mol. The van der Waals surface area contributed by atoms with Crippen LogP contribution in [0.25, 0.3) is 0 Å². The van der Waals surface area contributed by atoms with E-state index < -0.39 is 12.2 Å². The van der Waals surface area contributed by atoms with Gasteiger partial charge in [0, 0.05) is 12.0 Å². The standard InChI is InChI=1S/C18H19ClO3/c19-12-16(20)13-22-17(11-14-7-3-1-4-8-14)18(21)15-9-5-2-6-10-15/h1-10,16-17,20H,11-13H2. The number of rotatable bonds is 8. The SMILES string of the molecule is O=C(c1ccccc1)C(Cc1ccccc1)OCC(O)CCl. The first kappa shape index (κ1) is 16.7. The summed E-state index contributed by atoms with van der Waals surface area (Å²) >= 11 is 5.58. The molecule has 0 bridgehead atoms. The van der Waals surface area contributed by atoms with E-state index in [4.69, 9.17) is 16.3 Å². The van der Waals surface area contributed by atoms with Crippen LogP contribution in [-0.4, -0.2) is 35.6 Å². The Kier molecular flexibility index (Phi) is 6.59. The number of hydrogen-bond donors (Lipinski definition) is 1. The molecule has 0 saturated carbocycles. The molecule has 0 fully saturated rings. The molecule has 0 heterocycles. The van der Waals surface area contributed by atoms with E-state index in [9.17, 15) is 9.90 Å². The highest BCUT2D eigenvalue weighted by atomic mass is 35.5. The normalized spacial score (nSPS) is 13.5. The van der Waals surface area contributed by atoms with Crippen LogP contribution in [0.2, 0.25) is 0 Å². The molecule has 2 aromatic carbocycles. The quantitative estimate of drug-likeness (QED) is 0.601. The Morgan fingerprint density at radius 2 is 1.64 bits per heavy atom. The molecule has 2 aromatic rings. The third kappa shape index (κ3) is 4.95. The van der Waals surface area contributed by atoms with Crippen LogP contribution >= 0.6 is 11.6 Å². The fourth-order valence-electron chi connectivity index (χ4n) is 2.12. The predicted molar refractivity (Wildman–Crippen MR) is 87.4 cm³/mol. The van der Waals surface area contributed by atoms with E-state index in [1.54, 1.807) is 12.1 Å². The number of carbonyl (C=O) groups is 1. The first-order valence-corrected chi connectivity index (χ1v) is 7.73. The minimum absolute atomic E-state index is 0.0412. The minimum atomic E-state index is -0.775. The van der Waals surface area contributed by atoms with Crippen LogP contribution < -0.4 is 0 Å². The number of hydrogen-bond acceptors (Lipinski definition) is 3. The van der Waals surface area contributed by atoms with Gasteiger partial charge in [0.15, 0.2) is 5.78 Å². The molecule has 0 aliphatic rings. The summed E-state index contributed by atoms with van der Waals surface area (Å²) in [4.78, 5) is 12.6.